The van der Waals surface area contributed by atoms with Crippen LogP contribution >= 0.6 is 0 Å². The van der Waals surface area contributed by atoms with Crippen LogP contribution in [-0.4, -0.2) is 12.8 Å². The molecule has 0 amide bonds. The second kappa shape index (κ2) is 20.2. The molecule has 0 aliphatic rings. The van der Waals surface area contributed by atoms with Gasteiger partial charge in [0.05, 0.1) is 0 Å². The molecule has 0 N–H and O–H groups in total. The van der Waals surface area contributed by atoms with E-state index in [4.69, 9.17) is 4.84 Å². The van der Waals surface area contributed by atoms with E-state index in [0.717, 1.165) is 6.42 Å². The Morgan fingerprint density at radius 1 is 0.636 bits per heavy atom. The number of nitrogens with zero attached hydrogens (tertiary/aromatic N) is 1. The Hall–Kier alpha value is -0.790. The second-order valence-electron chi connectivity index (χ2n) is 6.08. The molecular formula is C20H39NO. The monoisotopic (exact) mass is 309 g/mol. The van der Waals surface area contributed by atoms with Crippen LogP contribution in [0.15, 0.2) is 17.3 Å². The van der Waals surface area contributed by atoms with Gasteiger partial charge in [-0.25, -0.2) is 0 Å². The Labute approximate surface area is 139 Å². The summed E-state index contributed by atoms with van der Waals surface area (Å²) in [6, 6.07) is 0. The van der Waals surface area contributed by atoms with Crippen LogP contribution in [0.25, 0.3) is 0 Å². The molecule has 0 bridgehead atoms. The van der Waals surface area contributed by atoms with Crippen LogP contribution in [0.3, 0.4) is 0 Å². The molecule has 2 heteroatoms. The highest BCUT2D eigenvalue weighted by atomic mass is 16.6. The second-order valence-corrected chi connectivity index (χ2v) is 6.08. The first-order chi connectivity index (χ1) is 10.9. The topological polar surface area (TPSA) is 21.6 Å². The SMILES string of the molecule is CCCCCCCC/C=C\CCCCCCC/C=N/OCC. The number of allylic oxidation sites excluding steroid dienone is 2. The quantitative estimate of drug-likeness (QED) is 0.122. The Bertz CT molecular complexity index is 248. The number of hydrogen-bond donors (Lipinski definition) is 0. The van der Waals surface area contributed by atoms with Crippen LogP contribution in [-0.2, 0) is 4.84 Å². The molecule has 130 valence electrons. The average molecular weight is 310 g/mol. The predicted molar refractivity (Wildman–Crippen MR) is 99.6 cm³/mol. The Morgan fingerprint density at radius 2 is 1.14 bits per heavy atom. The maximum atomic E-state index is 4.92. The van der Waals surface area contributed by atoms with Gasteiger partial charge in [-0.15, -0.1) is 0 Å². The summed E-state index contributed by atoms with van der Waals surface area (Å²) in [5.41, 5.74) is 0. The molecule has 0 aromatic heterocycles. The van der Waals surface area contributed by atoms with E-state index in [9.17, 15) is 0 Å². The third kappa shape index (κ3) is 19.2. The summed E-state index contributed by atoms with van der Waals surface area (Å²) in [6.45, 7) is 4.90. The lowest BCUT2D eigenvalue weighted by atomic mass is 10.1. The van der Waals surface area contributed by atoms with Crippen molar-refractivity contribution in [3.63, 3.8) is 0 Å². The molecular weight excluding hydrogens is 270 g/mol. The minimum absolute atomic E-state index is 0.670. The zero-order chi connectivity index (χ0) is 16.1. The molecule has 0 unspecified atom stereocenters. The third-order valence-electron chi connectivity index (χ3n) is 3.87. The first-order valence-electron chi connectivity index (χ1n) is 9.70. The van der Waals surface area contributed by atoms with Gasteiger partial charge in [0.15, 0.2) is 0 Å². The molecule has 22 heavy (non-hydrogen) atoms. The van der Waals surface area contributed by atoms with E-state index < -0.39 is 0 Å². The molecule has 0 spiro atoms. The minimum atomic E-state index is 0.670. The fourth-order valence-corrected chi connectivity index (χ4v) is 2.49. The van der Waals surface area contributed by atoms with E-state index in [2.05, 4.69) is 24.2 Å². The van der Waals surface area contributed by atoms with E-state index in [0.29, 0.717) is 6.61 Å². The van der Waals surface area contributed by atoms with Crippen molar-refractivity contribution < 1.29 is 4.84 Å². The summed E-state index contributed by atoms with van der Waals surface area (Å²) >= 11 is 0. The summed E-state index contributed by atoms with van der Waals surface area (Å²) in [5.74, 6) is 0. The van der Waals surface area contributed by atoms with Crippen LogP contribution in [0, 0.1) is 0 Å². The van der Waals surface area contributed by atoms with Crippen molar-refractivity contribution in [2.75, 3.05) is 6.61 Å². The number of oxime groups is 1. The molecule has 0 aliphatic heterocycles. The maximum absolute atomic E-state index is 4.92. The van der Waals surface area contributed by atoms with E-state index >= 15 is 0 Å². The van der Waals surface area contributed by atoms with E-state index in [1.165, 1.54) is 83.5 Å². The molecule has 0 atom stereocenters. The summed E-state index contributed by atoms with van der Waals surface area (Å²) in [7, 11) is 0. The fourth-order valence-electron chi connectivity index (χ4n) is 2.49. The van der Waals surface area contributed by atoms with Gasteiger partial charge in [0.2, 0.25) is 0 Å². The van der Waals surface area contributed by atoms with Crippen LogP contribution in [0.5, 0.6) is 0 Å². The molecule has 0 fully saturated rings. The summed E-state index contributed by atoms with van der Waals surface area (Å²) in [5, 5.41) is 3.86. The van der Waals surface area contributed by atoms with E-state index in [1.54, 1.807) is 0 Å². The smallest absolute Gasteiger partial charge is 0.114 e. The Kier molecular flexibility index (Phi) is 19.5. The highest BCUT2D eigenvalue weighted by molar-refractivity contribution is 5.56. The highest BCUT2D eigenvalue weighted by Crippen LogP contribution is 2.09. The number of hydrogen-bond acceptors (Lipinski definition) is 2. The molecule has 0 radical (unpaired) electrons. The maximum Gasteiger partial charge on any atom is 0.114 e. The standard InChI is InChI=1S/C20H39NO/c1-3-5-6-7-8-9-10-11-12-13-14-15-16-17-18-19-20-21-22-4-2/h11-12,20H,3-10,13-19H2,1-2H3/b12-11-,21-20+. The average Bonchev–Trinajstić information content (AvgIpc) is 2.54. The molecule has 0 aromatic carbocycles. The van der Waals surface area contributed by atoms with Crippen molar-refractivity contribution in [2.24, 2.45) is 5.16 Å². The Balaban J connectivity index is 3.08. The summed E-state index contributed by atoms with van der Waals surface area (Å²) in [6.07, 6.45) is 25.3. The molecule has 0 aromatic rings. The van der Waals surface area contributed by atoms with Gasteiger partial charge in [0.1, 0.15) is 6.61 Å². The van der Waals surface area contributed by atoms with Crippen LogP contribution in [0.4, 0.5) is 0 Å². The first-order valence-corrected chi connectivity index (χ1v) is 9.70. The molecule has 0 saturated carbocycles. The lowest BCUT2D eigenvalue weighted by Gasteiger charge is -1.99. The van der Waals surface area contributed by atoms with Crippen molar-refractivity contribution in [1.29, 1.82) is 0 Å². The van der Waals surface area contributed by atoms with Gasteiger partial charge < -0.3 is 4.84 Å². The highest BCUT2D eigenvalue weighted by Gasteiger charge is 1.90. The van der Waals surface area contributed by atoms with Crippen molar-refractivity contribution in [3.8, 4) is 0 Å². The van der Waals surface area contributed by atoms with Crippen molar-refractivity contribution in [2.45, 2.75) is 104 Å². The van der Waals surface area contributed by atoms with Gasteiger partial charge in [-0.3, -0.25) is 0 Å². The van der Waals surface area contributed by atoms with Gasteiger partial charge in [-0.05, 0) is 45.4 Å². The summed E-state index contributed by atoms with van der Waals surface area (Å²) in [4.78, 5) is 4.92. The summed E-state index contributed by atoms with van der Waals surface area (Å²) < 4.78 is 0. The minimum Gasteiger partial charge on any atom is -0.396 e. The van der Waals surface area contributed by atoms with Crippen molar-refractivity contribution >= 4 is 6.21 Å². The number of rotatable bonds is 17. The molecule has 0 aliphatic carbocycles. The van der Waals surface area contributed by atoms with Gasteiger partial charge >= 0.3 is 0 Å². The van der Waals surface area contributed by atoms with Gasteiger partial charge in [0.25, 0.3) is 0 Å². The largest absolute Gasteiger partial charge is 0.396 e. The molecule has 0 saturated heterocycles. The number of unbranched alkanes of at least 4 members (excludes halogenated alkanes) is 12. The lowest BCUT2D eigenvalue weighted by molar-refractivity contribution is 0.160. The van der Waals surface area contributed by atoms with Gasteiger partial charge in [-0.1, -0.05) is 75.6 Å². The van der Waals surface area contributed by atoms with Crippen molar-refractivity contribution in [1.82, 2.24) is 0 Å². The third-order valence-corrected chi connectivity index (χ3v) is 3.87. The first kappa shape index (κ1) is 21.2. The molecule has 2 nitrogen and oxygen atoms in total. The van der Waals surface area contributed by atoms with Crippen molar-refractivity contribution in [3.05, 3.63) is 12.2 Å². The molecule has 0 heterocycles. The zero-order valence-corrected chi connectivity index (χ0v) is 15.2. The lowest BCUT2D eigenvalue weighted by Crippen LogP contribution is -1.83. The molecule has 0 rings (SSSR count). The van der Waals surface area contributed by atoms with Crippen LogP contribution in [0.1, 0.15) is 104 Å². The normalized spacial score (nSPS) is 11.7. The van der Waals surface area contributed by atoms with E-state index in [1.807, 2.05) is 13.1 Å². The fraction of sp³-hybridized carbons (Fsp3) is 0.850. The predicted octanol–water partition coefficient (Wildman–Crippen LogP) is 7.05. The van der Waals surface area contributed by atoms with Gasteiger partial charge in [-0.2, -0.15) is 0 Å². The zero-order valence-electron chi connectivity index (χ0n) is 15.2. The van der Waals surface area contributed by atoms with Crippen LogP contribution < -0.4 is 0 Å². The van der Waals surface area contributed by atoms with Crippen LogP contribution in [0.2, 0.25) is 0 Å². The van der Waals surface area contributed by atoms with E-state index in [-0.39, 0.29) is 0 Å². The van der Waals surface area contributed by atoms with Gasteiger partial charge in [0, 0.05) is 6.21 Å². The Morgan fingerprint density at radius 3 is 1.68 bits per heavy atom.